The number of likely N-dealkylation sites (N-methyl/N-ethyl adjacent to an activating group) is 1. The SMILES string of the molecule is CN(CCC(=O)O)C(=O)C1(C)CCCc2ccccc21. The van der Waals surface area contributed by atoms with E-state index in [2.05, 4.69) is 6.07 Å². The first kappa shape index (κ1) is 14.6. The van der Waals surface area contributed by atoms with Crippen molar-refractivity contribution >= 4 is 11.9 Å². The molecule has 1 N–H and O–H groups in total. The number of hydrogen-bond acceptors (Lipinski definition) is 2. The molecule has 0 aromatic heterocycles. The molecule has 0 fully saturated rings. The van der Waals surface area contributed by atoms with Gasteiger partial charge in [0.15, 0.2) is 0 Å². The van der Waals surface area contributed by atoms with Gasteiger partial charge < -0.3 is 10.0 Å². The molecule has 0 saturated heterocycles. The monoisotopic (exact) mass is 275 g/mol. The van der Waals surface area contributed by atoms with E-state index >= 15 is 0 Å². The number of amides is 1. The molecule has 0 aliphatic heterocycles. The maximum Gasteiger partial charge on any atom is 0.305 e. The van der Waals surface area contributed by atoms with Crippen LogP contribution in [0.25, 0.3) is 0 Å². The van der Waals surface area contributed by atoms with Crippen LogP contribution in [0.2, 0.25) is 0 Å². The fraction of sp³-hybridized carbons (Fsp3) is 0.500. The summed E-state index contributed by atoms with van der Waals surface area (Å²) < 4.78 is 0. The smallest absolute Gasteiger partial charge is 0.305 e. The number of hydrogen-bond donors (Lipinski definition) is 1. The molecule has 0 heterocycles. The summed E-state index contributed by atoms with van der Waals surface area (Å²) in [6, 6.07) is 8.07. The molecule has 108 valence electrons. The molecule has 0 bridgehead atoms. The van der Waals surface area contributed by atoms with Gasteiger partial charge in [-0.1, -0.05) is 24.3 Å². The van der Waals surface area contributed by atoms with Gasteiger partial charge >= 0.3 is 5.97 Å². The summed E-state index contributed by atoms with van der Waals surface area (Å²) in [5.74, 6) is -0.857. The second-order valence-corrected chi connectivity index (χ2v) is 5.71. The highest BCUT2D eigenvalue weighted by molar-refractivity contribution is 5.88. The highest BCUT2D eigenvalue weighted by Crippen LogP contribution is 2.38. The number of benzene rings is 1. The summed E-state index contributed by atoms with van der Waals surface area (Å²) in [5, 5.41) is 8.74. The largest absolute Gasteiger partial charge is 0.481 e. The van der Waals surface area contributed by atoms with Crippen LogP contribution in [-0.2, 0) is 21.4 Å². The highest BCUT2D eigenvalue weighted by Gasteiger charge is 2.40. The van der Waals surface area contributed by atoms with Crippen molar-refractivity contribution in [1.29, 1.82) is 0 Å². The fourth-order valence-electron chi connectivity index (χ4n) is 3.05. The minimum atomic E-state index is -0.876. The second kappa shape index (κ2) is 5.65. The molecule has 4 nitrogen and oxygen atoms in total. The van der Waals surface area contributed by atoms with Crippen molar-refractivity contribution < 1.29 is 14.7 Å². The van der Waals surface area contributed by atoms with Crippen LogP contribution in [0.1, 0.15) is 37.3 Å². The van der Waals surface area contributed by atoms with Crippen LogP contribution in [0.15, 0.2) is 24.3 Å². The van der Waals surface area contributed by atoms with Crippen molar-refractivity contribution in [2.75, 3.05) is 13.6 Å². The zero-order chi connectivity index (χ0) is 14.8. The maximum absolute atomic E-state index is 12.7. The van der Waals surface area contributed by atoms with E-state index in [1.165, 1.54) is 5.56 Å². The van der Waals surface area contributed by atoms with Crippen molar-refractivity contribution in [1.82, 2.24) is 4.90 Å². The summed E-state index contributed by atoms with van der Waals surface area (Å²) in [6.07, 6.45) is 2.81. The maximum atomic E-state index is 12.7. The summed E-state index contributed by atoms with van der Waals surface area (Å²) in [6.45, 7) is 2.23. The third-order valence-electron chi connectivity index (χ3n) is 4.21. The van der Waals surface area contributed by atoms with Crippen LogP contribution in [0.4, 0.5) is 0 Å². The molecule has 1 aromatic rings. The van der Waals surface area contributed by atoms with Crippen LogP contribution in [-0.4, -0.2) is 35.5 Å². The number of nitrogens with zero attached hydrogens (tertiary/aromatic N) is 1. The lowest BCUT2D eigenvalue weighted by Gasteiger charge is -2.37. The van der Waals surface area contributed by atoms with Gasteiger partial charge in [0.25, 0.3) is 0 Å². The Morgan fingerprint density at radius 2 is 2.05 bits per heavy atom. The Hall–Kier alpha value is -1.84. The number of rotatable bonds is 4. The van der Waals surface area contributed by atoms with Crippen molar-refractivity contribution in [3.63, 3.8) is 0 Å². The Balaban J connectivity index is 2.23. The number of aliphatic carboxylic acids is 1. The fourth-order valence-corrected chi connectivity index (χ4v) is 3.05. The van der Waals surface area contributed by atoms with E-state index in [9.17, 15) is 9.59 Å². The van der Waals surface area contributed by atoms with Gasteiger partial charge in [0.2, 0.25) is 5.91 Å². The summed E-state index contributed by atoms with van der Waals surface area (Å²) in [4.78, 5) is 24.9. The Bertz CT molecular complexity index is 526. The first-order valence-electron chi connectivity index (χ1n) is 7.01. The normalized spacial score (nSPS) is 21.1. The standard InChI is InChI=1S/C16H21NO3/c1-16(15(20)17(2)11-9-14(18)19)10-5-7-12-6-3-4-8-13(12)16/h3-4,6,8H,5,7,9-11H2,1-2H3,(H,18,19). The third-order valence-corrected chi connectivity index (χ3v) is 4.21. The van der Waals surface area contributed by atoms with Gasteiger partial charge in [0.1, 0.15) is 0 Å². The molecule has 1 amide bonds. The molecule has 0 radical (unpaired) electrons. The molecule has 1 aromatic carbocycles. The van der Waals surface area contributed by atoms with Gasteiger partial charge in [-0.05, 0) is 37.3 Å². The molecule has 20 heavy (non-hydrogen) atoms. The predicted octanol–water partition coefficient (Wildman–Crippen LogP) is 2.21. The summed E-state index contributed by atoms with van der Waals surface area (Å²) >= 11 is 0. The van der Waals surface area contributed by atoms with Gasteiger partial charge in [-0.15, -0.1) is 0 Å². The minimum absolute atomic E-state index is 0.0139. The van der Waals surface area contributed by atoms with Gasteiger partial charge in [-0.2, -0.15) is 0 Å². The Kier molecular flexibility index (Phi) is 4.12. The lowest BCUT2D eigenvalue weighted by Crippen LogP contribution is -2.45. The van der Waals surface area contributed by atoms with E-state index in [1.807, 2.05) is 25.1 Å². The molecule has 4 heteroatoms. The van der Waals surface area contributed by atoms with E-state index < -0.39 is 11.4 Å². The van der Waals surface area contributed by atoms with Gasteiger partial charge in [0.05, 0.1) is 11.8 Å². The van der Waals surface area contributed by atoms with E-state index in [0.717, 1.165) is 24.8 Å². The Morgan fingerprint density at radius 1 is 1.35 bits per heavy atom. The lowest BCUT2D eigenvalue weighted by molar-refractivity contribution is -0.139. The Morgan fingerprint density at radius 3 is 2.75 bits per heavy atom. The second-order valence-electron chi connectivity index (χ2n) is 5.71. The van der Waals surface area contributed by atoms with Gasteiger partial charge in [0, 0.05) is 13.6 Å². The first-order chi connectivity index (χ1) is 9.45. The molecule has 1 aliphatic rings. The number of carbonyl (C=O) groups excluding carboxylic acids is 1. The third kappa shape index (κ3) is 2.69. The molecule has 0 spiro atoms. The van der Waals surface area contributed by atoms with Crippen molar-refractivity contribution in [2.45, 2.75) is 38.0 Å². The highest BCUT2D eigenvalue weighted by atomic mass is 16.4. The summed E-state index contributed by atoms with van der Waals surface area (Å²) in [5.41, 5.74) is 1.81. The van der Waals surface area contributed by atoms with E-state index in [1.54, 1.807) is 11.9 Å². The molecular weight excluding hydrogens is 254 g/mol. The number of aryl methyl sites for hydroxylation is 1. The van der Waals surface area contributed by atoms with Crippen molar-refractivity contribution in [3.05, 3.63) is 35.4 Å². The molecule has 1 atom stereocenters. The molecule has 1 unspecified atom stereocenters. The molecule has 1 aliphatic carbocycles. The lowest BCUT2D eigenvalue weighted by atomic mass is 9.70. The zero-order valence-electron chi connectivity index (χ0n) is 12.1. The number of fused-ring (bicyclic) bond motifs is 1. The predicted molar refractivity (Wildman–Crippen MR) is 76.6 cm³/mol. The average Bonchev–Trinajstić information content (AvgIpc) is 2.44. The molecular formula is C16H21NO3. The minimum Gasteiger partial charge on any atom is -0.481 e. The first-order valence-corrected chi connectivity index (χ1v) is 7.01. The van der Waals surface area contributed by atoms with Crippen molar-refractivity contribution in [3.8, 4) is 0 Å². The number of carboxylic acid groups (broad SMARTS) is 1. The number of carboxylic acids is 1. The summed E-state index contributed by atoms with van der Waals surface area (Å²) in [7, 11) is 1.69. The number of carbonyl (C=O) groups is 2. The van der Waals surface area contributed by atoms with E-state index in [-0.39, 0.29) is 18.9 Å². The van der Waals surface area contributed by atoms with Gasteiger partial charge in [-0.25, -0.2) is 0 Å². The zero-order valence-corrected chi connectivity index (χ0v) is 12.1. The van der Waals surface area contributed by atoms with Crippen LogP contribution in [0, 0.1) is 0 Å². The topological polar surface area (TPSA) is 57.6 Å². The van der Waals surface area contributed by atoms with E-state index in [0.29, 0.717) is 0 Å². The molecule has 0 saturated carbocycles. The average molecular weight is 275 g/mol. The van der Waals surface area contributed by atoms with Crippen LogP contribution >= 0.6 is 0 Å². The molecule has 2 rings (SSSR count). The van der Waals surface area contributed by atoms with Crippen LogP contribution in [0.3, 0.4) is 0 Å². The van der Waals surface area contributed by atoms with Crippen molar-refractivity contribution in [2.24, 2.45) is 0 Å². The van der Waals surface area contributed by atoms with E-state index in [4.69, 9.17) is 5.11 Å². The van der Waals surface area contributed by atoms with Crippen LogP contribution < -0.4 is 0 Å². The van der Waals surface area contributed by atoms with Gasteiger partial charge in [-0.3, -0.25) is 9.59 Å². The Labute approximate surface area is 119 Å². The van der Waals surface area contributed by atoms with Crippen LogP contribution in [0.5, 0.6) is 0 Å². The quantitative estimate of drug-likeness (QED) is 0.916.